The van der Waals surface area contributed by atoms with E-state index in [0.717, 1.165) is 11.3 Å². The highest BCUT2D eigenvalue weighted by Crippen LogP contribution is 2.28. The summed E-state index contributed by atoms with van der Waals surface area (Å²) >= 11 is 6.16. The molecule has 0 aliphatic rings. The van der Waals surface area contributed by atoms with Gasteiger partial charge in [0.1, 0.15) is 10.7 Å². The Kier molecular flexibility index (Phi) is 3.62. The van der Waals surface area contributed by atoms with E-state index in [1.807, 2.05) is 24.3 Å². The molecule has 0 aliphatic carbocycles. The van der Waals surface area contributed by atoms with Crippen molar-refractivity contribution in [3.05, 3.63) is 46.2 Å². The van der Waals surface area contributed by atoms with E-state index in [0.29, 0.717) is 11.6 Å². The molecule has 0 saturated heterocycles. The molecule has 100 valence electrons. The van der Waals surface area contributed by atoms with Crippen LogP contribution in [0.2, 0.25) is 5.15 Å². The fraction of sp³-hybridized carbons (Fsp3) is 0.286. The summed E-state index contributed by atoms with van der Waals surface area (Å²) in [5, 5.41) is 13.5. The molecule has 0 spiro atoms. The Hall–Kier alpha value is -1.81. The lowest BCUT2D eigenvalue weighted by atomic mass is 10.0. The second-order valence-electron chi connectivity index (χ2n) is 4.68. The van der Waals surface area contributed by atoms with Crippen molar-refractivity contribution in [3.63, 3.8) is 0 Å². The van der Waals surface area contributed by atoms with Crippen LogP contribution in [-0.2, 0) is 0 Å². The summed E-state index contributed by atoms with van der Waals surface area (Å²) in [5.41, 5.74) is 2.36. The number of carbonyl (C=O) groups is 1. The molecule has 1 N–H and O–H groups in total. The lowest BCUT2D eigenvalue weighted by Crippen LogP contribution is -2.03. The molecule has 0 aliphatic heterocycles. The lowest BCUT2D eigenvalue weighted by molar-refractivity contribution is 0.0696. The largest absolute Gasteiger partial charge is 0.478 e. The molecule has 0 unspecified atom stereocenters. The van der Waals surface area contributed by atoms with E-state index in [1.165, 1.54) is 4.68 Å². The monoisotopic (exact) mass is 278 g/mol. The maximum atomic E-state index is 11.2. The van der Waals surface area contributed by atoms with E-state index in [9.17, 15) is 4.79 Å². The van der Waals surface area contributed by atoms with Gasteiger partial charge in [0.2, 0.25) is 0 Å². The SMILES string of the molecule is Cc1nn(-c2ccccc2C(C)C)c(Cl)c1C(=O)O. The summed E-state index contributed by atoms with van der Waals surface area (Å²) in [5.74, 6) is -0.763. The Morgan fingerprint density at radius 3 is 2.53 bits per heavy atom. The Morgan fingerprint density at radius 1 is 1.37 bits per heavy atom. The Labute approximate surface area is 116 Å². The first-order chi connectivity index (χ1) is 8.93. The van der Waals surface area contributed by atoms with Crippen molar-refractivity contribution in [1.29, 1.82) is 0 Å². The number of hydrogen-bond donors (Lipinski definition) is 1. The lowest BCUT2D eigenvalue weighted by Gasteiger charge is -2.13. The fourth-order valence-corrected chi connectivity index (χ4v) is 2.42. The molecule has 0 bridgehead atoms. The number of carboxylic acid groups (broad SMARTS) is 1. The molecule has 19 heavy (non-hydrogen) atoms. The second-order valence-corrected chi connectivity index (χ2v) is 5.04. The molecule has 1 heterocycles. The number of aryl methyl sites for hydroxylation is 1. The zero-order valence-corrected chi connectivity index (χ0v) is 11.8. The standard InChI is InChI=1S/C14H15ClN2O2/c1-8(2)10-6-4-5-7-11(10)17-13(15)12(14(18)19)9(3)16-17/h4-8H,1-3H3,(H,18,19). The van der Waals surface area contributed by atoms with Gasteiger partial charge in [0, 0.05) is 0 Å². The number of aromatic carboxylic acids is 1. The van der Waals surface area contributed by atoms with E-state index >= 15 is 0 Å². The van der Waals surface area contributed by atoms with Gasteiger partial charge in [-0.1, -0.05) is 43.6 Å². The second kappa shape index (κ2) is 5.05. The number of nitrogens with zero attached hydrogens (tertiary/aromatic N) is 2. The van der Waals surface area contributed by atoms with Gasteiger partial charge in [-0.25, -0.2) is 9.48 Å². The number of hydrogen-bond acceptors (Lipinski definition) is 2. The molecule has 2 rings (SSSR count). The predicted molar refractivity (Wildman–Crippen MR) is 74.4 cm³/mol. The first-order valence-corrected chi connectivity index (χ1v) is 6.39. The molecule has 0 saturated carbocycles. The number of benzene rings is 1. The van der Waals surface area contributed by atoms with Gasteiger partial charge in [0.05, 0.1) is 11.4 Å². The summed E-state index contributed by atoms with van der Waals surface area (Å²) in [6.45, 7) is 5.78. The first kappa shape index (κ1) is 13.6. The van der Waals surface area contributed by atoms with Crippen molar-refractivity contribution >= 4 is 17.6 Å². The Morgan fingerprint density at radius 2 is 2.00 bits per heavy atom. The van der Waals surface area contributed by atoms with E-state index < -0.39 is 5.97 Å². The fourth-order valence-electron chi connectivity index (χ4n) is 2.07. The van der Waals surface area contributed by atoms with Crippen LogP contribution in [0.1, 0.15) is 41.4 Å². The highest BCUT2D eigenvalue weighted by atomic mass is 35.5. The normalized spacial score (nSPS) is 11.0. The number of rotatable bonds is 3. The molecule has 0 radical (unpaired) electrons. The molecule has 2 aromatic rings. The Balaban J connectivity index is 2.67. The van der Waals surface area contributed by atoms with Gasteiger partial charge in [0.25, 0.3) is 0 Å². The molecule has 0 fully saturated rings. The van der Waals surface area contributed by atoms with Crippen molar-refractivity contribution in [1.82, 2.24) is 9.78 Å². The third-order valence-electron chi connectivity index (χ3n) is 3.00. The molecule has 0 atom stereocenters. The van der Waals surface area contributed by atoms with E-state index in [2.05, 4.69) is 18.9 Å². The zero-order valence-electron chi connectivity index (χ0n) is 11.0. The summed E-state index contributed by atoms with van der Waals surface area (Å²) in [6.07, 6.45) is 0. The summed E-state index contributed by atoms with van der Waals surface area (Å²) < 4.78 is 1.50. The molecular weight excluding hydrogens is 264 g/mol. The van der Waals surface area contributed by atoms with Crippen LogP contribution in [0.25, 0.3) is 5.69 Å². The van der Waals surface area contributed by atoms with Crippen LogP contribution in [0.5, 0.6) is 0 Å². The first-order valence-electron chi connectivity index (χ1n) is 6.01. The van der Waals surface area contributed by atoms with Crippen LogP contribution in [0.3, 0.4) is 0 Å². The van der Waals surface area contributed by atoms with Crippen LogP contribution in [0.4, 0.5) is 0 Å². The minimum absolute atomic E-state index is 0.0558. The quantitative estimate of drug-likeness (QED) is 0.932. The van der Waals surface area contributed by atoms with Crippen molar-refractivity contribution in [2.45, 2.75) is 26.7 Å². The third kappa shape index (κ3) is 2.36. The van der Waals surface area contributed by atoms with Gasteiger partial charge < -0.3 is 5.11 Å². The van der Waals surface area contributed by atoms with E-state index in [1.54, 1.807) is 6.92 Å². The van der Waals surface area contributed by atoms with Gasteiger partial charge in [-0.3, -0.25) is 0 Å². The topological polar surface area (TPSA) is 55.1 Å². The summed E-state index contributed by atoms with van der Waals surface area (Å²) in [6, 6.07) is 7.71. The van der Waals surface area contributed by atoms with E-state index in [-0.39, 0.29) is 10.7 Å². The molecule has 1 aromatic carbocycles. The van der Waals surface area contributed by atoms with Crippen molar-refractivity contribution in [2.75, 3.05) is 0 Å². The average molecular weight is 279 g/mol. The van der Waals surface area contributed by atoms with Crippen molar-refractivity contribution < 1.29 is 9.90 Å². The highest BCUT2D eigenvalue weighted by molar-refractivity contribution is 6.32. The van der Waals surface area contributed by atoms with Crippen LogP contribution in [0, 0.1) is 6.92 Å². The van der Waals surface area contributed by atoms with Gasteiger partial charge in [-0.05, 0) is 24.5 Å². The third-order valence-corrected chi connectivity index (χ3v) is 3.35. The maximum absolute atomic E-state index is 11.2. The number of para-hydroxylation sites is 1. The van der Waals surface area contributed by atoms with Gasteiger partial charge in [-0.15, -0.1) is 0 Å². The van der Waals surface area contributed by atoms with Crippen LogP contribution < -0.4 is 0 Å². The Bertz CT molecular complexity index is 632. The maximum Gasteiger partial charge on any atom is 0.340 e. The number of halogens is 1. The average Bonchev–Trinajstić information content (AvgIpc) is 2.64. The van der Waals surface area contributed by atoms with Crippen molar-refractivity contribution in [2.24, 2.45) is 0 Å². The van der Waals surface area contributed by atoms with Gasteiger partial charge in [-0.2, -0.15) is 5.10 Å². The van der Waals surface area contributed by atoms with Gasteiger partial charge in [0.15, 0.2) is 0 Å². The zero-order chi connectivity index (χ0) is 14.2. The molecule has 5 heteroatoms. The van der Waals surface area contributed by atoms with Crippen LogP contribution in [0.15, 0.2) is 24.3 Å². The molecule has 1 aromatic heterocycles. The number of carboxylic acids is 1. The van der Waals surface area contributed by atoms with Crippen LogP contribution >= 0.6 is 11.6 Å². The minimum atomic E-state index is -1.06. The predicted octanol–water partition coefficient (Wildman–Crippen LogP) is 3.66. The number of aromatic nitrogens is 2. The van der Waals surface area contributed by atoms with Crippen LogP contribution in [-0.4, -0.2) is 20.9 Å². The van der Waals surface area contributed by atoms with Crippen molar-refractivity contribution in [3.8, 4) is 5.69 Å². The van der Waals surface area contributed by atoms with Gasteiger partial charge >= 0.3 is 5.97 Å². The molecular formula is C14H15ClN2O2. The molecule has 0 amide bonds. The minimum Gasteiger partial charge on any atom is -0.478 e. The summed E-state index contributed by atoms with van der Waals surface area (Å²) in [4.78, 5) is 11.2. The summed E-state index contributed by atoms with van der Waals surface area (Å²) in [7, 11) is 0. The smallest absolute Gasteiger partial charge is 0.340 e. The van der Waals surface area contributed by atoms with E-state index in [4.69, 9.17) is 16.7 Å². The molecule has 4 nitrogen and oxygen atoms in total. The highest BCUT2D eigenvalue weighted by Gasteiger charge is 2.21.